The van der Waals surface area contributed by atoms with Gasteiger partial charge in [-0.15, -0.1) is 0 Å². The Hall–Kier alpha value is -3.59. The van der Waals surface area contributed by atoms with E-state index in [0.717, 1.165) is 39.1 Å². The number of imide groups is 1. The molecule has 2 fully saturated rings. The van der Waals surface area contributed by atoms with Crippen LogP contribution in [-0.2, 0) is 22.5 Å². The number of methoxy groups -OCH3 is 1. The Labute approximate surface area is 218 Å². The Balaban J connectivity index is 1.55. The summed E-state index contributed by atoms with van der Waals surface area (Å²) >= 11 is 0. The van der Waals surface area contributed by atoms with Crippen LogP contribution in [0.1, 0.15) is 49.3 Å². The van der Waals surface area contributed by atoms with E-state index in [9.17, 15) is 14.4 Å². The monoisotopic (exact) mass is 507 g/mol. The van der Waals surface area contributed by atoms with Crippen molar-refractivity contribution in [2.75, 3.05) is 19.0 Å². The highest BCUT2D eigenvalue weighted by atomic mass is 16.5. The van der Waals surface area contributed by atoms with Crippen LogP contribution < -0.4 is 11.2 Å². The molecule has 2 aromatic carbocycles. The standard InChI is InChI=1S/C28H37N5O4/c1-19-8-10-23(11-9-19)18-31-26(30-24-14-12-22(13-15-24)16-21-6-4-5-7-21)33(29)28(36)32(27(31)35)17-20(2)25(34)37-3/h8-15,20-21,26,30H,4-7,16-18,29H2,1-3H3/t20-,26?/m0/s1. The van der Waals surface area contributed by atoms with Gasteiger partial charge in [0.1, 0.15) is 0 Å². The average Bonchev–Trinajstić information content (AvgIpc) is 3.42. The quantitative estimate of drug-likeness (QED) is 0.295. The van der Waals surface area contributed by atoms with E-state index in [4.69, 9.17) is 10.6 Å². The van der Waals surface area contributed by atoms with Gasteiger partial charge in [0, 0.05) is 12.2 Å². The molecule has 1 saturated carbocycles. The normalized spacial score (nSPS) is 19.4. The third-order valence-electron chi connectivity index (χ3n) is 7.27. The number of aryl methyl sites for hydroxylation is 1. The molecule has 2 aromatic rings. The molecular weight excluding hydrogens is 470 g/mol. The molecular formula is C28H37N5O4. The zero-order chi connectivity index (χ0) is 26.5. The molecule has 0 aromatic heterocycles. The molecule has 37 heavy (non-hydrogen) atoms. The fourth-order valence-corrected chi connectivity index (χ4v) is 5.07. The molecule has 2 aliphatic rings. The highest BCUT2D eigenvalue weighted by Crippen LogP contribution is 2.29. The van der Waals surface area contributed by atoms with Crippen molar-refractivity contribution >= 4 is 23.7 Å². The highest BCUT2D eigenvalue weighted by Gasteiger charge is 2.44. The zero-order valence-corrected chi connectivity index (χ0v) is 21.9. The molecule has 9 heteroatoms. The summed E-state index contributed by atoms with van der Waals surface area (Å²) in [6.07, 6.45) is 5.35. The molecule has 198 valence electrons. The maximum atomic E-state index is 13.6. The van der Waals surface area contributed by atoms with Gasteiger partial charge >= 0.3 is 18.0 Å². The molecule has 2 atom stereocenters. The van der Waals surface area contributed by atoms with Gasteiger partial charge in [0.15, 0.2) is 0 Å². The van der Waals surface area contributed by atoms with Crippen LogP contribution in [0, 0.1) is 18.8 Å². The number of urea groups is 2. The Kier molecular flexibility index (Phi) is 8.33. The first-order valence-electron chi connectivity index (χ1n) is 12.9. The van der Waals surface area contributed by atoms with Crippen molar-refractivity contribution in [2.45, 2.75) is 58.8 Å². The molecule has 0 radical (unpaired) electrons. The minimum Gasteiger partial charge on any atom is -0.469 e. The number of ether oxygens (including phenoxy) is 1. The van der Waals surface area contributed by atoms with Crippen LogP contribution in [0.4, 0.5) is 15.3 Å². The molecule has 1 heterocycles. The van der Waals surface area contributed by atoms with Crippen molar-refractivity contribution < 1.29 is 19.1 Å². The Morgan fingerprint density at radius 2 is 1.65 bits per heavy atom. The Morgan fingerprint density at radius 1 is 1.03 bits per heavy atom. The summed E-state index contributed by atoms with van der Waals surface area (Å²) in [7, 11) is 1.27. The van der Waals surface area contributed by atoms with E-state index in [1.54, 1.807) is 6.92 Å². The predicted octanol–water partition coefficient (Wildman–Crippen LogP) is 4.47. The number of rotatable bonds is 9. The second kappa shape index (κ2) is 11.6. The van der Waals surface area contributed by atoms with Gasteiger partial charge < -0.3 is 10.1 Å². The lowest BCUT2D eigenvalue weighted by atomic mass is 9.98. The fraction of sp³-hybridized carbons (Fsp3) is 0.464. The lowest BCUT2D eigenvalue weighted by Gasteiger charge is -2.45. The number of anilines is 1. The van der Waals surface area contributed by atoms with E-state index in [1.807, 2.05) is 43.3 Å². The first-order valence-corrected chi connectivity index (χ1v) is 12.9. The lowest BCUT2D eigenvalue weighted by Crippen LogP contribution is -2.70. The maximum Gasteiger partial charge on any atom is 0.345 e. The number of nitrogens with zero attached hydrogens (tertiary/aromatic N) is 3. The van der Waals surface area contributed by atoms with E-state index in [-0.39, 0.29) is 13.1 Å². The van der Waals surface area contributed by atoms with Gasteiger partial charge in [0.25, 0.3) is 0 Å². The molecule has 1 aliphatic heterocycles. The van der Waals surface area contributed by atoms with Crippen LogP contribution in [-0.4, -0.2) is 52.8 Å². The Morgan fingerprint density at radius 3 is 2.27 bits per heavy atom. The lowest BCUT2D eigenvalue weighted by molar-refractivity contribution is -0.145. The van der Waals surface area contributed by atoms with Crippen LogP contribution in [0.15, 0.2) is 48.5 Å². The number of amides is 4. The number of nitrogens with two attached hydrogens (primary N) is 1. The molecule has 4 rings (SSSR count). The second-order valence-corrected chi connectivity index (χ2v) is 10.2. The van der Waals surface area contributed by atoms with E-state index in [1.165, 1.54) is 43.3 Å². The summed E-state index contributed by atoms with van der Waals surface area (Å²) in [6.45, 7) is 3.69. The summed E-state index contributed by atoms with van der Waals surface area (Å²) in [4.78, 5) is 41.2. The summed E-state index contributed by atoms with van der Waals surface area (Å²) in [5, 5.41) is 4.27. The van der Waals surface area contributed by atoms with Crippen molar-refractivity contribution in [1.29, 1.82) is 0 Å². The number of hydrogen-bond donors (Lipinski definition) is 2. The largest absolute Gasteiger partial charge is 0.469 e. The number of nitrogens with one attached hydrogen (secondary N) is 1. The van der Waals surface area contributed by atoms with Gasteiger partial charge in [-0.3, -0.25) is 9.69 Å². The summed E-state index contributed by atoms with van der Waals surface area (Å²) in [6, 6.07) is 14.7. The molecule has 0 spiro atoms. The second-order valence-electron chi connectivity index (χ2n) is 10.2. The van der Waals surface area contributed by atoms with Gasteiger partial charge in [-0.25, -0.2) is 25.3 Å². The van der Waals surface area contributed by atoms with Crippen LogP contribution in [0.25, 0.3) is 0 Å². The van der Waals surface area contributed by atoms with Crippen LogP contribution in [0.5, 0.6) is 0 Å². The number of benzene rings is 2. The Bertz CT molecular complexity index is 1100. The van der Waals surface area contributed by atoms with Crippen molar-refractivity contribution in [3.63, 3.8) is 0 Å². The van der Waals surface area contributed by atoms with Gasteiger partial charge in [0.2, 0.25) is 6.29 Å². The van der Waals surface area contributed by atoms with E-state index in [0.29, 0.717) is 0 Å². The number of carbonyl (C=O) groups excluding carboxylic acids is 3. The number of hydrogen-bond acceptors (Lipinski definition) is 6. The molecule has 1 saturated heterocycles. The van der Waals surface area contributed by atoms with Crippen LogP contribution >= 0.6 is 0 Å². The highest BCUT2D eigenvalue weighted by molar-refractivity contribution is 5.96. The van der Waals surface area contributed by atoms with Crippen molar-refractivity contribution in [1.82, 2.24) is 14.8 Å². The average molecular weight is 508 g/mol. The van der Waals surface area contributed by atoms with Crippen molar-refractivity contribution in [3.05, 3.63) is 65.2 Å². The zero-order valence-electron chi connectivity index (χ0n) is 21.9. The third kappa shape index (κ3) is 6.22. The molecule has 9 nitrogen and oxygen atoms in total. The number of carbonyl (C=O) groups is 3. The minimum atomic E-state index is -0.910. The van der Waals surface area contributed by atoms with E-state index in [2.05, 4.69) is 17.4 Å². The predicted molar refractivity (Wildman–Crippen MR) is 141 cm³/mol. The number of hydrazine groups is 1. The fourth-order valence-electron chi connectivity index (χ4n) is 5.07. The smallest absolute Gasteiger partial charge is 0.345 e. The summed E-state index contributed by atoms with van der Waals surface area (Å²) in [5.41, 5.74) is 4.02. The molecule has 0 bridgehead atoms. The van der Waals surface area contributed by atoms with Crippen molar-refractivity contribution in [3.8, 4) is 0 Å². The van der Waals surface area contributed by atoms with Gasteiger partial charge in [-0.05, 0) is 42.5 Å². The van der Waals surface area contributed by atoms with Gasteiger partial charge in [0.05, 0.1) is 19.6 Å². The summed E-state index contributed by atoms with van der Waals surface area (Å²) < 4.78 is 4.78. The van der Waals surface area contributed by atoms with E-state index >= 15 is 0 Å². The molecule has 1 unspecified atom stereocenters. The summed E-state index contributed by atoms with van der Waals surface area (Å²) in [5.74, 6) is 5.83. The topological polar surface area (TPSA) is 108 Å². The van der Waals surface area contributed by atoms with Gasteiger partial charge in [-0.2, -0.15) is 0 Å². The first kappa shape index (κ1) is 26.5. The SMILES string of the molecule is COC(=O)[C@@H](C)CN1C(=O)N(N)C(Nc2ccc(CC3CCCC3)cc2)N(Cc2ccc(C)cc2)C1=O. The number of esters is 1. The molecule has 4 amide bonds. The van der Waals surface area contributed by atoms with Crippen molar-refractivity contribution in [2.24, 2.45) is 17.7 Å². The minimum absolute atomic E-state index is 0.134. The van der Waals surface area contributed by atoms with Crippen LogP contribution in [0.3, 0.4) is 0 Å². The maximum absolute atomic E-state index is 13.6. The van der Waals surface area contributed by atoms with E-state index < -0.39 is 30.2 Å². The molecule has 1 aliphatic carbocycles. The third-order valence-corrected chi connectivity index (χ3v) is 7.27. The first-order chi connectivity index (χ1) is 17.8. The molecule has 3 N–H and O–H groups in total. The van der Waals surface area contributed by atoms with Crippen LogP contribution in [0.2, 0.25) is 0 Å². The van der Waals surface area contributed by atoms with Gasteiger partial charge in [-0.1, -0.05) is 74.6 Å².